The van der Waals surface area contributed by atoms with Gasteiger partial charge in [-0.25, -0.2) is 0 Å². The molecule has 1 amide bonds. The molecule has 0 bridgehead atoms. The van der Waals surface area contributed by atoms with Crippen molar-refractivity contribution < 1.29 is 14.6 Å². The molecule has 4 heteroatoms. The van der Waals surface area contributed by atoms with Gasteiger partial charge >= 0.3 is 0 Å². The number of carbonyl (C=O) groups is 1. The van der Waals surface area contributed by atoms with Gasteiger partial charge in [0.1, 0.15) is 0 Å². The molecule has 1 saturated heterocycles. The molecule has 2 atom stereocenters. The fourth-order valence-corrected chi connectivity index (χ4v) is 2.08. The van der Waals surface area contributed by atoms with Gasteiger partial charge in [-0.15, -0.1) is 0 Å². The Balaban J connectivity index is 2.23. The van der Waals surface area contributed by atoms with E-state index in [2.05, 4.69) is 0 Å². The molecule has 1 heterocycles. The standard InChI is InChI=1S/C12H23NO3/c1-10(16-2)3-4-12(15)13-7-5-11(9-13)6-8-14/h10-11,14H,3-9H2,1-2H3. The van der Waals surface area contributed by atoms with Gasteiger partial charge in [-0.1, -0.05) is 0 Å². The smallest absolute Gasteiger partial charge is 0.222 e. The summed E-state index contributed by atoms with van der Waals surface area (Å²) < 4.78 is 5.12. The van der Waals surface area contributed by atoms with Crippen LogP contribution < -0.4 is 0 Å². The lowest BCUT2D eigenvalue weighted by Crippen LogP contribution is -2.29. The largest absolute Gasteiger partial charge is 0.396 e. The zero-order chi connectivity index (χ0) is 12.0. The number of ether oxygens (including phenoxy) is 1. The van der Waals surface area contributed by atoms with E-state index in [-0.39, 0.29) is 18.6 Å². The van der Waals surface area contributed by atoms with Crippen LogP contribution in [0.25, 0.3) is 0 Å². The quantitative estimate of drug-likeness (QED) is 0.740. The molecule has 2 unspecified atom stereocenters. The number of hydrogen-bond acceptors (Lipinski definition) is 3. The zero-order valence-corrected chi connectivity index (χ0v) is 10.3. The van der Waals surface area contributed by atoms with Crippen LogP contribution in [0.2, 0.25) is 0 Å². The number of likely N-dealkylation sites (tertiary alicyclic amines) is 1. The molecule has 0 aromatic heterocycles. The van der Waals surface area contributed by atoms with Gasteiger partial charge in [0.25, 0.3) is 0 Å². The van der Waals surface area contributed by atoms with Crippen LogP contribution in [0, 0.1) is 5.92 Å². The molecule has 1 fully saturated rings. The molecule has 94 valence electrons. The summed E-state index contributed by atoms with van der Waals surface area (Å²) in [6.45, 7) is 3.88. The first-order chi connectivity index (χ1) is 7.67. The summed E-state index contributed by atoms with van der Waals surface area (Å²) in [5.41, 5.74) is 0. The Kier molecular flexibility index (Phi) is 5.77. The van der Waals surface area contributed by atoms with E-state index in [4.69, 9.17) is 9.84 Å². The second-order valence-electron chi connectivity index (χ2n) is 4.59. The van der Waals surface area contributed by atoms with Crippen LogP contribution in [0.5, 0.6) is 0 Å². The van der Waals surface area contributed by atoms with Crippen molar-refractivity contribution in [2.24, 2.45) is 5.92 Å². The second kappa shape index (κ2) is 6.86. The molecule has 0 aliphatic carbocycles. The molecule has 0 radical (unpaired) electrons. The van der Waals surface area contributed by atoms with Gasteiger partial charge in [0.15, 0.2) is 0 Å². The molecule has 1 rings (SSSR count). The molecule has 0 spiro atoms. The van der Waals surface area contributed by atoms with Crippen LogP contribution in [0.3, 0.4) is 0 Å². The molecule has 0 aromatic rings. The number of carbonyl (C=O) groups excluding carboxylic acids is 1. The normalized spacial score (nSPS) is 22.4. The molecule has 1 aliphatic heterocycles. The van der Waals surface area contributed by atoms with Crippen LogP contribution in [-0.2, 0) is 9.53 Å². The van der Waals surface area contributed by atoms with Crippen LogP contribution in [0.15, 0.2) is 0 Å². The molecule has 0 saturated carbocycles. The lowest BCUT2D eigenvalue weighted by atomic mass is 10.1. The Labute approximate surface area is 97.6 Å². The van der Waals surface area contributed by atoms with E-state index < -0.39 is 0 Å². The van der Waals surface area contributed by atoms with E-state index in [9.17, 15) is 4.79 Å². The summed E-state index contributed by atoms with van der Waals surface area (Å²) in [5, 5.41) is 8.84. The van der Waals surface area contributed by atoms with Gasteiger partial charge in [0.2, 0.25) is 5.91 Å². The number of nitrogens with zero attached hydrogens (tertiary/aromatic N) is 1. The number of hydrogen-bond donors (Lipinski definition) is 1. The van der Waals surface area contributed by atoms with Crippen LogP contribution in [0.4, 0.5) is 0 Å². The van der Waals surface area contributed by atoms with E-state index in [1.807, 2.05) is 11.8 Å². The van der Waals surface area contributed by atoms with Crippen molar-refractivity contribution in [2.75, 3.05) is 26.8 Å². The zero-order valence-electron chi connectivity index (χ0n) is 10.3. The predicted octanol–water partition coefficient (Wildman–Crippen LogP) is 1.03. The van der Waals surface area contributed by atoms with Crippen molar-refractivity contribution in [2.45, 2.75) is 38.7 Å². The highest BCUT2D eigenvalue weighted by atomic mass is 16.5. The first-order valence-electron chi connectivity index (χ1n) is 6.08. The van der Waals surface area contributed by atoms with Crippen molar-refractivity contribution in [1.82, 2.24) is 4.90 Å². The van der Waals surface area contributed by atoms with E-state index in [0.29, 0.717) is 12.3 Å². The Bertz CT molecular complexity index is 220. The summed E-state index contributed by atoms with van der Waals surface area (Å²) in [7, 11) is 1.67. The Morgan fingerprint density at radius 2 is 2.38 bits per heavy atom. The summed E-state index contributed by atoms with van der Waals surface area (Å²) >= 11 is 0. The molecular weight excluding hydrogens is 206 g/mol. The third-order valence-corrected chi connectivity index (χ3v) is 3.34. The van der Waals surface area contributed by atoms with Crippen molar-refractivity contribution in [1.29, 1.82) is 0 Å². The minimum absolute atomic E-state index is 0.153. The highest BCUT2D eigenvalue weighted by Crippen LogP contribution is 2.20. The van der Waals surface area contributed by atoms with Gasteiger partial charge in [-0.2, -0.15) is 0 Å². The summed E-state index contributed by atoms with van der Waals surface area (Å²) in [5.74, 6) is 0.720. The van der Waals surface area contributed by atoms with E-state index in [1.54, 1.807) is 7.11 Å². The summed E-state index contributed by atoms with van der Waals surface area (Å²) in [4.78, 5) is 13.7. The minimum atomic E-state index is 0.153. The average molecular weight is 229 g/mol. The van der Waals surface area contributed by atoms with Crippen LogP contribution in [0.1, 0.15) is 32.6 Å². The van der Waals surface area contributed by atoms with E-state index in [1.165, 1.54) is 0 Å². The van der Waals surface area contributed by atoms with Gasteiger partial charge in [0.05, 0.1) is 6.10 Å². The van der Waals surface area contributed by atoms with E-state index >= 15 is 0 Å². The molecule has 16 heavy (non-hydrogen) atoms. The average Bonchev–Trinajstić information content (AvgIpc) is 2.74. The van der Waals surface area contributed by atoms with Crippen LogP contribution >= 0.6 is 0 Å². The molecule has 4 nitrogen and oxygen atoms in total. The highest BCUT2D eigenvalue weighted by Gasteiger charge is 2.25. The number of rotatable bonds is 6. The lowest BCUT2D eigenvalue weighted by molar-refractivity contribution is -0.130. The fraction of sp³-hybridized carbons (Fsp3) is 0.917. The van der Waals surface area contributed by atoms with Crippen molar-refractivity contribution in [3.05, 3.63) is 0 Å². The van der Waals surface area contributed by atoms with Crippen LogP contribution in [-0.4, -0.2) is 48.8 Å². The number of amides is 1. The second-order valence-corrected chi connectivity index (χ2v) is 4.59. The van der Waals surface area contributed by atoms with Gasteiger partial charge in [0, 0.05) is 33.2 Å². The molecular formula is C12H23NO3. The minimum Gasteiger partial charge on any atom is -0.396 e. The maximum Gasteiger partial charge on any atom is 0.222 e. The SMILES string of the molecule is COC(C)CCC(=O)N1CCC(CCO)C1. The number of aliphatic hydroxyl groups is 1. The first kappa shape index (κ1) is 13.5. The summed E-state index contributed by atoms with van der Waals surface area (Å²) in [6.07, 6.45) is 3.36. The van der Waals surface area contributed by atoms with Crippen molar-refractivity contribution in [3.63, 3.8) is 0 Å². The highest BCUT2D eigenvalue weighted by molar-refractivity contribution is 5.76. The molecule has 1 aliphatic rings. The van der Waals surface area contributed by atoms with E-state index in [0.717, 1.165) is 32.4 Å². The van der Waals surface area contributed by atoms with Gasteiger partial charge in [-0.3, -0.25) is 4.79 Å². The first-order valence-corrected chi connectivity index (χ1v) is 6.08. The molecule has 0 aromatic carbocycles. The third-order valence-electron chi connectivity index (χ3n) is 3.34. The third kappa shape index (κ3) is 4.10. The Morgan fingerprint density at radius 3 is 3.00 bits per heavy atom. The lowest BCUT2D eigenvalue weighted by Gasteiger charge is -2.17. The Hall–Kier alpha value is -0.610. The Morgan fingerprint density at radius 1 is 1.62 bits per heavy atom. The fourth-order valence-electron chi connectivity index (χ4n) is 2.08. The maximum atomic E-state index is 11.8. The van der Waals surface area contributed by atoms with Gasteiger partial charge in [-0.05, 0) is 32.1 Å². The maximum absolute atomic E-state index is 11.8. The monoisotopic (exact) mass is 229 g/mol. The van der Waals surface area contributed by atoms with Crippen molar-refractivity contribution in [3.8, 4) is 0 Å². The van der Waals surface area contributed by atoms with Crippen molar-refractivity contribution >= 4 is 5.91 Å². The summed E-state index contributed by atoms with van der Waals surface area (Å²) in [6, 6.07) is 0. The molecule has 1 N–H and O–H groups in total. The predicted molar refractivity (Wildman–Crippen MR) is 62.1 cm³/mol. The topological polar surface area (TPSA) is 49.8 Å². The van der Waals surface area contributed by atoms with Gasteiger partial charge < -0.3 is 14.7 Å². The number of methoxy groups -OCH3 is 1. The number of aliphatic hydroxyl groups excluding tert-OH is 1.